The van der Waals surface area contributed by atoms with Crippen LogP contribution in [-0.2, 0) is 16.1 Å². The first-order valence-corrected chi connectivity index (χ1v) is 11.0. The van der Waals surface area contributed by atoms with Crippen LogP contribution in [0.25, 0.3) is 11.0 Å². The van der Waals surface area contributed by atoms with Gasteiger partial charge in [-0.2, -0.15) is 5.10 Å². The second kappa shape index (κ2) is 9.89. The highest BCUT2D eigenvalue weighted by atomic mass is 16.5. The van der Waals surface area contributed by atoms with Gasteiger partial charge in [0.05, 0.1) is 45.0 Å². The van der Waals surface area contributed by atoms with Crippen LogP contribution in [0.4, 0.5) is 0 Å². The summed E-state index contributed by atoms with van der Waals surface area (Å²) in [6.07, 6.45) is 4.78. The third-order valence-corrected chi connectivity index (χ3v) is 5.87. The van der Waals surface area contributed by atoms with E-state index < -0.39 is 0 Å². The van der Waals surface area contributed by atoms with E-state index in [0.717, 1.165) is 23.8 Å². The molecule has 4 rings (SSSR count). The molecule has 0 spiro atoms. The Hall–Kier alpha value is -3.62. The number of hydrogen-bond donors (Lipinski definition) is 0. The van der Waals surface area contributed by atoms with Crippen LogP contribution < -0.4 is 9.47 Å². The zero-order valence-electron chi connectivity index (χ0n) is 19.1. The summed E-state index contributed by atoms with van der Waals surface area (Å²) in [6.45, 7) is 3.57. The molecule has 0 saturated carbocycles. The molecule has 1 atom stereocenters. The second-order valence-corrected chi connectivity index (χ2v) is 7.96. The Kier molecular flexibility index (Phi) is 6.76. The van der Waals surface area contributed by atoms with E-state index in [2.05, 4.69) is 10.1 Å². The van der Waals surface area contributed by atoms with Crippen LogP contribution in [0.1, 0.15) is 35.7 Å². The Labute approximate surface area is 192 Å². The van der Waals surface area contributed by atoms with E-state index in [4.69, 9.17) is 14.2 Å². The summed E-state index contributed by atoms with van der Waals surface area (Å²) in [6, 6.07) is 7.43. The van der Waals surface area contributed by atoms with E-state index in [-0.39, 0.29) is 17.8 Å². The van der Waals surface area contributed by atoms with Crippen molar-refractivity contribution >= 4 is 22.9 Å². The van der Waals surface area contributed by atoms with E-state index in [0.29, 0.717) is 49.0 Å². The van der Waals surface area contributed by atoms with E-state index in [1.54, 1.807) is 49.2 Å². The fourth-order valence-corrected chi connectivity index (χ4v) is 4.15. The highest BCUT2D eigenvalue weighted by molar-refractivity contribution is 5.97. The van der Waals surface area contributed by atoms with Crippen molar-refractivity contribution in [2.75, 3.05) is 33.9 Å². The lowest BCUT2D eigenvalue weighted by Crippen LogP contribution is -2.42. The van der Waals surface area contributed by atoms with Gasteiger partial charge in [-0.1, -0.05) is 0 Å². The molecule has 33 heavy (non-hydrogen) atoms. The molecule has 0 aliphatic carbocycles. The molecular formula is C24H28N4O5. The summed E-state index contributed by atoms with van der Waals surface area (Å²) in [7, 11) is 3.22. The van der Waals surface area contributed by atoms with Gasteiger partial charge >= 0.3 is 5.97 Å². The van der Waals surface area contributed by atoms with Gasteiger partial charge in [-0.05, 0) is 38.0 Å². The minimum absolute atomic E-state index is 0.136. The Bertz CT molecular complexity index is 1160. The Balaban J connectivity index is 1.52. The molecule has 1 aromatic carbocycles. The highest BCUT2D eigenvalue weighted by Crippen LogP contribution is 2.26. The lowest BCUT2D eigenvalue weighted by Gasteiger charge is -2.31. The summed E-state index contributed by atoms with van der Waals surface area (Å²) in [5.41, 5.74) is 2.09. The van der Waals surface area contributed by atoms with Crippen LogP contribution in [0.2, 0.25) is 0 Å². The number of fused-ring (bicyclic) bond motifs is 1. The van der Waals surface area contributed by atoms with Crippen molar-refractivity contribution in [2.24, 2.45) is 5.92 Å². The molecule has 1 fully saturated rings. The molecule has 1 saturated heterocycles. The maximum absolute atomic E-state index is 13.1. The molecule has 3 aromatic rings. The van der Waals surface area contributed by atoms with Crippen LogP contribution in [0.3, 0.4) is 0 Å². The topological polar surface area (TPSA) is 95.8 Å². The number of rotatable bonds is 7. The van der Waals surface area contributed by atoms with Gasteiger partial charge < -0.3 is 19.1 Å². The SMILES string of the molecule is CCOC(=O)C1CCCN(C(=O)c2cnc3c(cnn3Cc3ccc(OC)cc3OC)c2)C1. The molecule has 1 amide bonds. The number of likely N-dealkylation sites (tertiary alicyclic amines) is 1. The smallest absolute Gasteiger partial charge is 0.310 e. The summed E-state index contributed by atoms with van der Waals surface area (Å²) in [5, 5.41) is 5.23. The number of carbonyl (C=O) groups is 2. The number of nitrogens with zero attached hydrogens (tertiary/aromatic N) is 4. The lowest BCUT2D eigenvalue weighted by molar-refractivity contribution is -0.149. The Morgan fingerprint density at radius 3 is 2.76 bits per heavy atom. The average molecular weight is 453 g/mol. The van der Waals surface area contributed by atoms with Gasteiger partial charge in [-0.3, -0.25) is 9.59 Å². The van der Waals surface area contributed by atoms with Crippen molar-refractivity contribution in [3.8, 4) is 11.5 Å². The number of benzene rings is 1. The monoisotopic (exact) mass is 452 g/mol. The lowest BCUT2D eigenvalue weighted by atomic mass is 9.97. The molecule has 1 unspecified atom stereocenters. The molecule has 9 heteroatoms. The van der Waals surface area contributed by atoms with Gasteiger partial charge in [-0.25, -0.2) is 9.67 Å². The van der Waals surface area contributed by atoms with Crippen LogP contribution in [0, 0.1) is 5.92 Å². The van der Waals surface area contributed by atoms with E-state index in [9.17, 15) is 9.59 Å². The molecule has 1 aliphatic heterocycles. The van der Waals surface area contributed by atoms with Crippen molar-refractivity contribution in [3.63, 3.8) is 0 Å². The number of carbonyl (C=O) groups excluding carboxylic acids is 2. The molecule has 2 aromatic heterocycles. The predicted octanol–water partition coefficient (Wildman–Crippen LogP) is 2.91. The van der Waals surface area contributed by atoms with Crippen LogP contribution >= 0.6 is 0 Å². The first-order chi connectivity index (χ1) is 16.0. The average Bonchev–Trinajstić information content (AvgIpc) is 3.26. The second-order valence-electron chi connectivity index (χ2n) is 7.96. The van der Waals surface area contributed by atoms with Gasteiger partial charge in [0.2, 0.25) is 0 Å². The summed E-state index contributed by atoms with van der Waals surface area (Å²) in [5.74, 6) is 0.763. The normalized spacial score (nSPS) is 16.0. The molecule has 1 aliphatic rings. The largest absolute Gasteiger partial charge is 0.497 e. The third kappa shape index (κ3) is 4.76. The molecule has 0 radical (unpaired) electrons. The number of aromatic nitrogens is 3. The summed E-state index contributed by atoms with van der Waals surface area (Å²) >= 11 is 0. The minimum Gasteiger partial charge on any atom is -0.497 e. The van der Waals surface area contributed by atoms with Gasteiger partial charge in [0.15, 0.2) is 5.65 Å². The van der Waals surface area contributed by atoms with Crippen molar-refractivity contribution in [3.05, 3.63) is 47.8 Å². The van der Waals surface area contributed by atoms with Crippen molar-refractivity contribution < 1.29 is 23.8 Å². The fraction of sp³-hybridized carbons (Fsp3) is 0.417. The molecule has 9 nitrogen and oxygen atoms in total. The number of piperidine rings is 1. The first-order valence-electron chi connectivity index (χ1n) is 11.0. The van der Waals surface area contributed by atoms with Crippen molar-refractivity contribution in [1.82, 2.24) is 19.7 Å². The number of hydrogen-bond acceptors (Lipinski definition) is 7. The van der Waals surface area contributed by atoms with E-state index >= 15 is 0 Å². The highest BCUT2D eigenvalue weighted by Gasteiger charge is 2.30. The Morgan fingerprint density at radius 1 is 1.15 bits per heavy atom. The van der Waals surface area contributed by atoms with Crippen LogP contribution in [0.5, 0.6) is 11.5 Å². The predicted molar refractivity (Wildman–Crippen MR) is 121 cm³/mol. The van der Waals surface area contributed by atoms with Crippen LogP contribution in [0.15, 0.2) is 36.7 Å². The van der Waals surface area contributed by atoms with Crippen molar-refractivity contribution in [1.29, 1.82) is 0 Å². The Morgan fingerprint density at radius 2 is 2.00 bits per heavy atom. The van der Waals surface area contributed by atoms with Gasteiger partial charge in [-0.15, -0.1) is 0 Å². The van der Waals surface area contributed by atoms with Gasteiger partial charge in [0, 0.05) is 36.3 Å². The molecular weight excluding hydrogens is 424 g/mol. The standard InChI is InChI=1S/C24H28N4O5/c1-4-33-24(30)17-6-5-9-27(14-17)23(29)19-10-18-13-26-28(22(18)25-12-19)15-16-7-8-20(31-2)11-21(16)32-3/h7-8,10-13,17H,4-6,9,14-15H2,1-3H3. The molecule has 0 N–H and O–H groups in total. The molecule has 0 bridgehead atoms. The number of amides is 1. The van der Waals surface area contributed by atoms with Crippen molar-refractivity contribution in [2.45, 2.75) is 26.3 Å². The maximum Gasteiger partial charge on any atom is 0.310 e. The molecule has 3 heterocycles. The summed E-state index contributed by atoms with van der Waals surface area (Å²) < 4.78 is 17.6. The minimum atomic E-state index is -0.276. The quantitative estimate of drug-likeness (QED) is 0.509. The maximum atomic E-state index is 13.1. The van der Waals surface area contributed by atoms with Crippen LogP contribution in [-0.4, -0.2) is 65.5 Å². The number of esters is 1. The summed E-state index contributed by atoms with van der Waals surface area (Å²) in [4.78, 5) is 31.4. The van der Waals surface area contributed by atoms with E-state index in [1.807, 2.05) is 18.2 Å². The molecule has 174 valence electrons. The van der Waals surface area contributed by atoms with E-state index in [1.165, 1.54) is 0 Å². The third-order valence-electron chi connectivity index (χ3n) is 5.87. The first kappa shape index (κ1) is 22.6. The number of methoxy groups -OCH3 is 2. The fourth-order valence-electron chi connectivity index (χ4n) is 4.15. The zero-order chi connectivity index (χ0) is 23.4. The zero-order valence-corrected chi connectivity index (χ0v) is 19.1. The number of ether oxygens (including phenoxy) is 3. The number of pyridine rings is 1. The van der Waals surface area contributed by atoms with Gasteiger partial charge in [0.1, 0.15) is 11.5 Å². The van der Waals surface area contributed by atoms with Gasteiger partial charge in [0.25, 0.3) is 5.91 Å².